The second-order valence-corrected chi connectivity index (χ2v) is 3.94. The third-order valence-electron chi connectivity index (χ3n) is 2.65. The van der Waals surface area contributed by atoms with Crippen LogP contribution < -0.4 is 5.32 Å². The number of carbonyl (C=O) groups is 1. The van der Waals surface area contributed by atoms with Crippen LogP contribution in [0.4, 0.5) is 5.69 Å². The maximum atomic E-state index is 12.0. The molecule has 0 atom stereocenters. The third-order valence-corrected chi connectivity index (χ3v) is 2.65. The van der Waals surface area contributed by atoms with Gasteiger partial charge >= 0.3 is 0 Å². The molecule has 0 fully saturated rings. The van der Waals surface area contributed by atoms with E-state index in [1.807, 2.05) is 0 Å². The van der Waals surface area contributed by atoms with Gasteiger partial charge in [-0.3, -0.25) is 14.9 Å². The second kappa shape index (κ2) is 5.30. The highest BCUT2D eigenvalue weighted by Gasteiger charge is 2.21. The number of carbonyl (C=O) groups excluding carboxylic acids is 1. The number of benzene rings is 1. The number of hydrogen-bond donors (Lipinski definition) is 2. The van der Waals surface area contributed by atoms with Gasteiger partial charge in [-0.25, -0.2) is 4.98 Å². The van der Waals surface area contributed by atoms with Gasteiger partial charge in [0.2, 0.25) is 0 Å². The van der Waals surface area contributed by atoms with Gasteiger partial charge in [0.1, 0.15) is 11.4 Å². The number of nitrogens with zero attached hydrogens (tertiary/aromatic N) is 2. The minimum atomic E-state index is -0.561. The standard InChI is InChI=1S/C12H12N4O3/c1-8-3-2-4-9(16(18)19)11(8)12(17)15-7-10-13-5-6-14-10/h2-6H,7H2,1H3,(H,13,14)(H,15,17). The summed E-state index contributed by atoms with van der Waals surface area (Å²) in [5.74, 6) is 0.103. The molecule has 0 saturated carbocycles. The Morgan fingerprint density at radius 1 is 1.53 bits per heavy atom. The lowest BCUT2D eigenvalue weighted by Crippen LogP contribution is -2.25. The average molecular weight is 260 g/mol. The Hall–Kier alpha value is -2.70. The predicted octanol–water partition coefficient (Wildman–Crippen LogP) is 1.56. The number of aromatic amines is 1. The molecule has 0 unspecified atom stereocenters. The molecule has 2 rings (SSSR count). The van der Waals surface area contributed by atoms with Crippen molar-refractivity contribution < 1.29 is 9.72 Å². The normalized spacial score (nSPS) is 10.2. The average Bonchev–Trinajstić information content (AvgIpc) is 2.88. The Morgan fingerprint density at radius 2 is 2.32 bits per heavy atom. The highest BCUT2D eigenvalue weighted by atomic mass is 16.6. The molecule has 0 spiro atoms. The van der Waals surface area contributed by atoms with Crippen molar-refractivity contribution in [1.29, 1.82) is 0 Å². The van der Waals surface area contributed by atoms with E-state index >= 15 is 0 Å². The number of amides is 1. The monoisotopic (exact) mass is 260 g/mol. The van der Waals surface area contributed by atoms with Crippen molar-refractivity contribution in [2.24, 2.45) is 0 Å². The number of nitrogens with one attached hydrogen (secondary N) is 2. The Kier molecular flexibility index (Phi) is 3.56. The van der Waals surface area contributed by atoms with Crippen molar-refractivity contribution in [2.75, 3.05) is 0 Å². The van der Waals surface area contributed by atoms with Gasteiger partial charge in [-0.15, -0.1) is 0 Å². The number of H-pyrrole nitrogens is 1. The van der Waals surface area contributed by atoms with Crippen molar-refractivity contribution >= 4 is 11.6 Å². The Morgan fingerprint density at radius 3 is 2.95 bits per heavy atom. The Bertz CT molecular complexity index is 607. The molecular weight excluding hydrogens is 248 g/mol. The van der Waals surface area contributed by atoms with Crippen molar-refractivity contribution in [3.8, 4) is 0 Å². The molecule has 7 heteroatoms. The van der Waals surface area contributed by atoms with Crippen LogP contribution in [0.5, 0.6) is 0 Å². The van der Waals surface area contributed by atoms with Gasteiger partial charge in [0.05, 0.1) is 11.5 Å². The van der Waals surface area contributed by atoms with Crippen molar-refractivity contribution in [1.82, 2.24) is 15.3 Å². The first-order valence-electron chi connectivity index (χ1n) is 5.60. The van der Waals surface area contributed by atoms with Gasteiger partial charge in [-0.2, -0.15) is 0 Å². The van der Waals surface area contributed by atoms with Gasteiger partial charge in [-0.05, 0) is 12.5 Å². The number of rotatable bonds is 4. The predicted molar refractivity (Wildman–Crippen MR) is 67.6 cm³/mol. The summed E-state index contributed by atoms with van der Waals surface area (Å²) in [5.41, 5.74) is 0.446. The van der Waals surface area contributed by atoms with Crippen LogP contribution in [0.15, 0.2) is 30.6 Å². The molecule has 1 heterocycles. The van der Waals surface area contributed by atoms with Gasteiger partial charge in [0.25, 0.3) is 11.6 Å². The molecule has 0 radical (unpaired) electrons. The molecule has 0 aliphatic rings. The number of aryl methyl sites for hydroxylation is 1. The van der Waals surface area contributed by atoms with E-state index in [0.29, 0.717) is 11.4 Å². The van der Waals surface area contributed by atoms with Crippen LogP contribution in [-0.4, -0.2) is 20.8 Å². The van der Waals surface area contributed by atoms with Gasteiger partial charge < -0.3 is 10.3 Å². The van der Waals surface area contributed by atoms with Crippen LogP contribution >= 0.6 is 0 Å². The molecule has 0 aliphatic carbocycles. The van der Waals surface area contributed by atoms with E-state index in [9.17, 15) is 14.9 Å². The number of imidazole rings is 1. The molecule has 0 bridgehead atoms. The van der Waals surface area contributed by atoms with E-state index in [4.69, 9.17) is 0 Å². The van der Waals surface area contributed by atoms with Gasteiger partial charge in [0, 0.05) is 18.5 Å². The zero-order valence-electron chi connectivity index (χ0n) is 10.2. The fourth-order valence-corrected chi connectivity index (χ4v) is 1.75. The lowest BCUT2D eigenvalue weighted by molar-refractivity contribution is -0.385. The molecule has 1 aromatic carbocycles. The first-order chi connectivity index (χ1) is 9.09. The Balaban J connectivity index is 2.21. The van der Waals surface area contributed by atoms with E-state index in [-0.39, 0.29) is 17.8 Å². The van der Waals surface area contributed by atoms with E-state index in [0.717, 1.165) is 0 Å². The van der Waals surface area contributed by atoms with Gasteiger partial charge in [-0.1, -0.05) is 12.1 Å². The summed E-state index contributed by atoms with van der Waals surface area (Å²) in [6, 6.07) is 4.53. The zero-order valence-corrected chi connectivity index (χ0v) is 10.2. The first kappa shape index (κ1) is 12.7. The molecule has 0 saturated heterocycles. The molecule has 19 heavy (non-hydrogen) atoms. The number of nitro benzene ring substituents is 1. The van der Waals surface area contributed by atoms with Crippen LogP contribution in [-0.2, 0) is 6.54 Å². The third kappa shape index (κ3) is 2.76. The summed E-state index contributed by atoms with van der Waals surface area (Å²) in [7, 11) is 0. The highest BCUT2D eigenvalue weighted by Crippen LogP contribution is 2.21. The van der Waals surface area contributed by atoms with Crippen molar-refractivity contribution in [3.63, 3.8) is 0 Å². The fraction of sp³-hybridized carbons (Fsp3) is 0.167. The minimum Gasteiger partial charge on any atom is -0.347 e. The maximum absolute atomic E-state index is 12.0. The maximum Gasteiger partial charge on any atom is 0.282 e. The molecule has 2 N–H and O–H groups in total. The summed E-state index contributed by atoms with van der Waals surface area (Å²) >= 11 is 0. The van der Waals surface area contributed by atoms with E-state index in [1.54, 1.807) is 31.5 Å². The fourth-order valence-electron chi connectivity index (χ4n) is 1.75. The van der Waals surface area contributed by atoms with Gasteiger partial charge in [0.15, 0.2) is 0 Å². The number of nitro groups is 1. The minimum absolute atomic E-state index is 0.0825. The molecule has 98 valence electrons. The second-order valence-electron chi connectivity index (χ2n) is 3.94. The Labute approximate surface area is 108 Å². The topological polar surface area (TPSA) is 101 Å². The summed E-state index contributed by atoms with van der Waals surface area (Å²) in [5, 5.41) is 13.5. The first-order valence-corrected chi connectivity index (χ1v) is 5.60. The smallest absolute Gasteiger partial charge is 0.282 e. The van der Waals surface area contributed by atoms with E-state index in [2.05, 4.69) is 15.3 Å². The summed E-state index contributed by atoms with van der Waals surface area (Å²) in [4.78, 5) is 29.2. The van der Waals surface area contributed by atoms with E-state index in [1.165, 1.54) is 6.07 Å². The highest BCUT2D eigenvalue weighted by molar-refractivity contribution is 5.99. The molecular formula is C12H12N4O3. The molecule has 1 amide bonds. The van der Waals surface area contributed by atoms with E-state index < -0.39 is 10.8 Å². The van der Waals surface area contributed by atoms with Crippen molar-refractivity contribution in [2.45, 2.75) is 13.5 Å². The van der Waals surface area contributed by atoms with Crippen LogP contribution in [0.1, 0.15) is 21.7 Å². The number of hydrogen-bond acceptors (Lipinski definition) is 4. The lowest BCUT2D eigenvalue weighted by Gasteiger charge is -2.07. The SMILES string of the molecule is Cc1cccc([N+](=O)[O-])c1C(=O)NCc1ncc[nH]1. The summed E-state index contributed by atoms with van der Waals surface area (Å²) < 4.78 is 0. The zero-order chi connectivity index (χ0) is 13.8. The van der Waals surface area contributed by atoms with Crippen LogP contribution in [0.2, 0.25) is 0 Å². The van der Waals surface area contributed by atoms with Crippen LogP contribution in [0.25, 0.3) is 0 Å². The quantitative estimate of drug-likeness (QED) is 0.643. The molecule has 7 nitrogen and oxygen atoms in total. The van der Waals surface area contributed by atoms with Crippen LogP contribution in [0.3, 0.4) is 0 Å². The van der Waals surface area contributed by atoms with Crippen molar-refractivity contribution in [3.05, 3.63) is 57.7 Å². The summed E-state index contributed by atoms with van der Waals surface area (Å²) in [6.07, 6.45) is 3.20. The number of aromatic nitrogens is 2. The lowest BCUT2D eigenvalue weighted by atomic mass is 10.1. The molecule has 1 aromatic heterocycles. The molecule has 0 aliphatic heterocycles. The largest absolute Gasteiger partial charge is 0.347 e. The molecule has 2 aromatic rings. The summed E-state index contributed by atoms with van der Waals surface area (Å²) in [6.45, 7) is 1.85. The van der Waals surface area contributed by atoms with Crippen LogP contribution in [0, 0.1) is 17.0 Å².